The first-order valence-corrected chi connectivity index (χ1v) is 8.84. The number of rotatable bonds is 6. The summed E-state index contributed by atoms with van der Waals surface area (Å²) < 4.78 is 16.7. The Bertz CT molecular complexity index is 1020. The molecule has 1 aliphatic heterocycles. The molecular formula is C16H19N9O4. The van der Waals surface area contributed by atoms with Crippen molar-refractivity contribution in [2.45, 2.75) is 13.5 Å². The zero-order valence-corrected chi connectivity index (χ0v) is 15.6. The molecule has 29 heavy (non-hydrogen) atoms. The van der Waals surface area contributed by atoms with Crippen LogP contribution < -0.4 is 11.2 Å². The van der Waals surface area contributed by atoms with Gasteiger partial charge in [-0.15, -0.1) is 5.10 Å². The van der Waals surface area contributed by atoms with Gasteiger partial charge < -0.3 is 14.9 Å². The summed E-state index contributed by atoms with van der Waals surface area (Å²) >= 11 is 0. The highest BCUT2D eigenvalue weighted by Crippen LogP contribution is 2.18. The fraction of sp³-hybridized carbons (Fsp3) is 0.375. The maximum absolute atomic E-state index is 12.7. The molecule has 3 aromatic heterocycles. The normalized spacial score (nSPS) is 15.2. The SMILES string of the molecule is Cc1ccc(/C=N/NC(=O)c2nnn(-c3nonc3N)c2CN2CCOCC2)o1. The Morgan fingerprint density at radius 2 is 2.17 bits per heavy atom. The molecule has 13 nitrogen and oxygen atoms in total. The predicted molar refractivity (Wildman–Crippen MR) is 98.2 cm³/mol. The highest BCUT2D eigenvalue weighted by atomic mass is 16.6. The van der Waals surface area contributed by atoms with Crippen LogP contribution in [0.2, 0.25) is 0 Å². The first-order chi connectivity index (χ1) is 14.1. The molecule has 0 bridgehead atoms. The number of hydrogen-bond acceptors (Lipinski definition) is 11. The van der Waals surface area contributed by atoms with Crippen LogP contribution in [-0.4, -0.2) is 68.6 Å². The number of nitrogens with one attached hydrogen (secondary N) is 1. The second-order valence-corrected chi connectivity index (χ2v) is 6.31. The Labute approximate surface area is 164 Å². The number of nitrogens with zero attached hydrogens (tertiary/aromatic N) is 7. The van der Waals surface area contributed by atoms with Gasteiger partial charge >= 0.3 is 0 Å². The number of morpholine rings is 1. The van der Waals surface area contributed by atoms with Crippen molar-refractivity contribution in [3.63, 3.8) is 0 Å². The molecule has 4 rings (SSSR count). The molecule has 3 N–H and O–H groups in total. The molecule has 0 saturated carbocycles. The molecule has 0 aromatic carbocycles. The lowest BCUT2D eigenvalue weighted by Gasteiger charge is -2.26. The van der Waals surface area contributed by atoms with Gasteiger partial charge in [-0.2, -0.15) is 9.78 Å². The molecule has 1 aliphatic rings. The maximum atomic E-state index is 12.7. The van der Waals surface area contributed by atoms with Gasteiger partial charge in [-0.1, -0.05) is 5.21 Å². The van der Waals surface area contributed by atoms with Crippen molar-refractivity contribution in [1.82, 2.24) is 35.6 Å². The molecule has 152 valence electrons. The number of anilines is 1. The summed E-state index contributed by atoms with van der Waals surface area (Å²) in [4.78, 5) is 14.8. The highest BCUT2D eigenvalue weighted by Gasteiger charge is 2.26. The lowest BCUT2D eigenvalue weighted by atomic mass is 10.2. The second-order valence-electron chi connectivity index (χ2n) is 6.31. The Balaban J connectivity index is 1.57. The van der Waals surface area contributed by atoms with Crippen LogP contribution in [0.1, 0.15) is 27.7 Å². The van der Waals surface area contributed by atoms with E-state index in [2.05, 4.69) is 40.7 Å². The van der Waals surface area contributed by atoms with Crippen molar-refractivity contribution in [1.29, 1.82) is 0 Å². The van der Waals surface area contributed by atoms with E-state index >= 15 is 0 Å². The Hall–Kier alpha value is -3.58. The number of nitrogens with two attached hydrogens (primary N) is 1. The van der Waals surface area contributed by atoms with Crippen LogP contribution in [0.4, 0.5) is 5.82 Å². The number of carbonyl (C=O) groups excluding carboxylic acids is 1. The molecule has 4 heterocycles. The number of furan rings is 1. The minimum Gasteiger partial charge on any atom is -0.460 e. The summed E-state index contributed by atoms with van der Waals surface area (Å²) in [6, 6.07) is 3.54. The topological polar surface area (TPSA) is 163 Å². The van der Waals surface area contributed by atoms with Gasteiger partial charge in [-0.3, -0.25) is 9.69 Å². The van der Waals surface area contributed by atoms with Crippen molar-refractivity contribution >= 4 is 17.9 Å². The number of aromatic nitrogens is 5. The van der Waals surface area contributed by atoms with Gasteiger partial charge in [0.2, 0.25) is 11.6 Å². The van der Waals surface area contributed by atoms with E-state index in [1.807, 2.05) is 6.92 Å². The molecule has 0 aliphatic carbocycles. The van der Waals surface area contributed by atoms with Crippen LogP contribution in [0, 0.1) is 6.92 Å². The first kappa shape index (κ1) is 18.8. The van der Waals surface area contributed by atoms with E-state index in [-0.39, 0.29) is 17.3 Å². The number of hydrazone groups is 1. The van der Waals surface area contributed by atoms with E-state index in [1.165, 1.54) is 10.9 Å². The molecule has 1 saturated heterocycles. The molecule has 1 fully saturated rings. The van der Waals surface area contributed by atoms with Gasteiger partial charge in [0.25, 0.3) is 5.91 Å². The van der Waals surface area contributed by atoms with Gasteiger partial charge in [-0.25, -0.2) is 10.1 Å². The van der Waals surface area contributed by atoms with E-state index in [4.69, 9.17) is 14.9 Å². The summed E-state index contributed by atoms with van der Waals surface area (Å²) in [5, 5.41) is 19.2. The fourth-order valence-electron chi connectivity index (χ4n) is 2.83. The third-order valence-electron chi connectivity index (χ3n) is 4.27. The molecule has 3 aromatic rings. The molecule has 0 atom stereocenters. The fourth-order valence-corrected chi connectivity index (χ4v) is 2.83. The van der Waals surface area contributed by atoms with Gasteiger partial charge in [0.1, 0.15) is 11.5 Å². The van der Waals surface area contributed by atoms with E-state index in [9.17, 15) is 4.79 Å². The van der Waals surface area contributed by atoms with E-state index in [1.54, 1.807) is 12.1 Å². The lowest BCUT2D eigenvalue weighted by Crippen LogP contribution is -2.37. The molecule has 0 unspecified atom stereocenters. The standard InChI is InChI=1S/C16H19N9O4/c1-10-2-3-11(28-10)8-18-20-16(26)13-12(9-24-4-6-27-7-5-24)25(23-19-13)15-14(17)21-29-22-15/h2-3,8H,4-7,9H2,1H3,(H2,17,21)(H,20,26)/b18-8+. The largest absolute Gasteiger partial charge is 0.460 e. The van der Waals surface area contributed by atoms with Crippen LogP contribution in [0.15, 0.2) is 26.3 Å². The molecule has 0 spiro atoms. The third kappa shape index (κ3) is 4.14. The van der Waals surface area contributed by atoms with Crippen LogP contribution in [0.3, 0.4) is 0 Å². The van der Waals surface area contributed by atoms with Crippen LogP contribution in [0.25, 0.3) is 5.82 Å². The molecular weight excluding hydrogens is 382 g/mol. The molecule has 0 radical (unpaired) electrons. The molecule has 1 amide bonds. The van der Waals surface area contributed by atoms with Crippen LogP contribution >= 0.6 is 0 Å². The average molecular weight is 401 g/mol. The van der Waals surface area contributed by atoms with Gasteiger partial charge in [0.05, 0.1) is 25.1 Å². The lowest BCUT2D eigenvalue weighted by molar-refractivity contribution is 0.0332. The van der Waals surface area contributed by atoms with E-state index < -0.39 is 5.91 Å². The average Bonchev–Trinajstić information content (AvgIpc) is 3.43. The monoisotopic (exact) mass is 401 g/mol. The van der Waals surface area contributed by atoms with Gasteiger partial charge in [0, 0.05) is 19.6 Å². The van der Waals surface area contributed by atoms with Crippen LogP contribution in [0.5, 0.6) is 0 Å². The van der Waals surface area contributed by atoms with Crippen molar-refractivity contribution in [3.8, 4) is 5.82 Å². The van der Waals surface area contributed by atoms with E-state index in [0.29, 0.717) is 44.3 Å². The van der Waals surface area contributed by atoms with E-state index in [0.717, 1.165) is 5.76 Å². The van der Waals surface area contributed by atoms with Crippen molar-refractivity contribution in [3.05, 3.63) is 35.0 Å². The highest BCUT2D eigenvalue weighted by molar-refractivity contribution is 5.94. The Kier molecular flexibility index (Phi) is 5.31. The minimum atomic E-state index is -0.533. The summed E-state index contributed by atoms with van der Waals surface area (Å²) in [6.45, 7) is 4.81. The summed E-state index contributed by atoms with van der Waals surface area (Å²) in [6.07, 6.45) is 1.40. The summed E-state index contributed by atoms with van der Waals surface area (Å²) in [5.74, 6) is 0.925. The number of ether oxygens (including phenoxy) is 1. The second kappa shape index (κ2) is 8.20. The summed E-state index contributed by atoms with van der Waals surface area (Å²) in [7, 11) is 0. The zero-order chi connectivity index (χ0) is 20.2. The zero-order valence-electron chi connectivity index (χ0n) is 15.6. The Morgan fingerprint density at radius 1 is 1.34 bits per heavy atom. The van der Waals surface area contributed by atoms with Crippen LogP contribution in [-0.2, 0) is 11.3 Å². The quantitative estimate of drug-likeness (QED) is 0.415. The third-order valence-corrected chi connectivity index (χ3v) is 4.27. The number of amides is 1. The number of hydrogen-bond donors (Lipinski definition) is 2. The minimum absolute atomic E-state index is 0.0382. The maximum Gasteiger partial charge on any atom is 0.293 e. The van der Waals surface area contributed by atoms with Crippen molar-refractivity contribution in [2.24, 2.45) is 5.10 Å². The number of aryl methyl sites for hydroxylation is 1. The number of carbonyl (C=O) groups is 1. The van der Waals surface area contributed by atoms with Gasteiger partial charge in [-0.05, 0) is 29.4 Å². The van der Waals surface area contributed by atoms with Crippen molar-refractivity contribution < 1.29 is 18.6 Å². The number of nitrogen functional groups attached to an aromatic ring is 1. The summed E-state index contributed by atoms with van der Waals surface area (Å²) in [5.41, 5.74) is 8.78. The predicted octanol–water partition coefficient (Wildman–Crippen LogP) is -0.270. The first-order valence-electron chi connectivity index (χ1n) is 8.84. The smallest absolute Gasteiger partial charge is 0.293 e. The van der Waals surface area contributed by atoms with Crippen molar-refractivity contribution in [2.75, 3.05) is 32.0 Å². The Morgan fingerprint density at radius 3 is 2.86 bits per heavy atom. The van der Waals surface area contributed by atoms with Gasteiger partial charge in [0.15, 0.2) is 5.69 Å². The molecule has 13 heteroatoms.